The molecule has 0 fully saturated rings. The molecule has 0 spiro atoms. The van der Waals surface area contributed by atoms with Gasteiger partial charge >= 0.3 is 5.97 Å². The summed E-state index contributed by atoms with van der Waals surface area (Å²) < 4.78 is 32.9. The van der Waals surface area contributed by atoms with Crippen molar-refractivity contribution >= 4 is 5.97 Å². The number of aliphatic carboxylic acids is 1. The molecule has 2 rings (SSSR count). The molecule has 0 aliphatic carbocycles. The van der Waals surface area contributed by atoms with Crippen LogP contribution in [0.2, 0.25) is 0 Å². The number of nitrogens with zero attached hydrogens (tertiary/aromatic N) is 2. The maximum Gasteiger partial charge on any atom is 0.341 e. The molecule has 100 valence electrons. The van der Waals surface area contributed by atoms with Crippen LogP contribution in [-0.2, 0) is 11.8 Å². The number of carboxylic acid groups (broad SMARTS) is 1. The highest BCUT2D eigenvalue weighted by Gasteiger charge is 2.14. The van der Waals surface area contributed by atoms with Gasteiger partial charge in [-0.3, -0.25) is 4.68 Å². The van der Waals surface area contributed by atoms with Crippen LogP contribution in [0.5, 0.6) is 5.88 Å². The van der Waals surface area contributed by atoms with Gasteiger partial charge in [-0.05, 0) is 18.2 Å². The Labute approximate surface area is 107 Å². The van der Waals surface area contributed by atoms with Crippen LogP contribution in [0.4, 0.5) is 8.78 Å². The van der Waals surface area contributed by atoms with Crippen LogP contribution in [0.15, 0.2) is 24.3 Å². The number of aromatic nitrogens is 2. The fraction of sp³-hybridized carbons (Fsp3) is 0.167. The van der Waals surface area contributed by atoms with Gasteiger partial charge in [-0.2, -0.15) is 0 Å². The molecule has 0 aliphatic rings. The Morgan fingerprint density at radius 3 is 2.84 bits per heavy atom. The van der Waals surface area contributed by atoms with Gasteiger partial charge < -0.3 is 9.84 Å². The van der Waals surface area contributed by atoms with E-state index in [9.17, 15) is 13.6 Å². The van der Waals surface area contributed by atoms with Crippen LogP contribution in [0.3, 0.4) is 0 Å². The summed E-state index contributed by atoms with van der Waals surface area (Å²) in [5.74, 6) is -2.30. The molecule has 0 radical (unpaired) electrons. The first-order valence-corrected chi connectivity index (χ1v) is 5.31. The lowest BCUT2D eigenvalue weighted by Crippen LogP contribution is -2.09. The fourth-order valence-corrected chi connectivity index (χ4v) is 1.59. The number of hydrogen-bond acceptors (Lipinski definition) is 3. The lowest BCUT2D eigenvalue weighted by Gasteiger charge is -2.02. The standard InChI is InChI=1S/C12H10F2N2O3/c1-16-10(5-11(15-16)19-6-12(17)18)8-4-7(13)2-3-9(8)14/h2-5H,6H2,1H3,(H,17,18). The average molecular weight is 268 g/mol. The highest BCUT2D eigenvalue weighted by atomic mass is 19.1. The van der Waals surface area contributed by atoms with Gasteiger partial charge in [0.05, 0.1) is 5.69 Å². The Bertz CT molecular complexity index is 625. The molecule has 0 aliphatic heterocycles. The summed E-state index contributed by atoms with van der Waals surface area (Å²) in [5, 5.41) is 12.4. The molecule has 19 heavy (non-hydrogen) atoms. The Morgan fingerprint density at radius 1 is 1.42 bits per heavy atom. The van der Waals surface area contributed by atoms with Gasteiger partial charge in [-0.15, -0.1) is 5.10 Å². The van der Waals surface area contributed by atoms with Gasteiger partial charge in [0, 0.05) is 18.7 Å². The average Bonchev–Trinajstić information content (AvgIpc) is 2.71. The van der Waals surface area contributed by atoms with Gasteiger partial charge in [0.25, 0.3) is 0 Å². The first-order valence-electron chi connectivity index (χ1n) is 5.31. The van der Waals surface area contributed by atoms with Crippen molar-refractivity contribution in [1.29, 1.82) is 0 Å². The zero-order valence-corrected chi connectivity index (χ0v) is 9.93. The maximum atomic E-state index is 13.6. The number of ether oxygens (including phenoxy) is 1. The molecule has 0 unspecified atom stereocenters. The van der Waals surface area contributed by atoms with Gasteiger partial charge in [-0.1, -0.05) is 0 Å². The third-order valence-corrected chi connectivity index (χ3v) is 2.41. The van der Waals surface area contributed by atoms with E-state index >= 15 is 0 Å². The lowest BCUT2D eigenvalue weighted by atomic mass is 10.1. The van der Waals surface area contributed by atoms with E-state index < -0.39 is 24.2 Å². The van der Waals surface area contributed by atoms with Crippen molar-refractivity contribution in [1.82, 2.24) is 9.78 Å². The minimum Gasteiger partial charge on any atom is -0.479 e. The number of rotatable bonds is 4. The third kappa shape index (κ3) is 2.87. The van der Waals surface area contributed by atoms with E-state index in [1.165, 1.54) is 17.8 Å². The Morgan fingerprint density at radius 2 is 2.16 bits per heavy atom. The van der Waals surface area contributed by atoms with E-state index in [2.05, 4.69) is 5.10 Å². The highest BCUT2D eigenvalue weighted by Crippen LogP contribution is 2.26. The van der Waals surface area contributed by atoms with Crippen molar-refractivity contribution in [3.8, 4) is 17.1 Å². The van der Waals surface area contributed by atoms with Gasteiger partial charge in [0.15, 0.2) is 6.61 Å². The van der Waals surface area contributed by atoms with E-state index in [4.69, 9.17) is 9.84 Å². The summed E-state index contributed by atoms with van der Waals surface area (Å²) in [4.78, 5) is 10.4. The molecule has 1 aromatic carbocycles. The second kappa shape index (κ2) is 5.05. The minimum atomic E-state index is -1.15. The van der Waals surface area contributed by atoms with E-state index in [0.717, 1.165) is 18.2 Å². The predicted molar refractivity (Wildman–Crippen MR) is 61.7 cm³/mol. The molecule has 0 amide bonds. The summed E-state index contributed by atoms with van der Waals surface area (Å²) in [7, 11) is 1.52. The summed E-state index contributed by atoms with van der Waals surface area (Å²) in [6, 6.07) is 4.40. The van der Waals surface area contributed by atoms with Crippen LogP contribution in [0.1, 0.15) is 0 Å². The quantitative estimate of drug-likeness (QED) is 0.918. The van der Waals surface area contributed by atoms with Gasteiger partial charge in [-0.25, -0.2) is 13.6 Å². The number of aryl methyl sites for hydroxylation is 1. The minimum absolute atomic E-state index is 0.0279. The summed E-state index contributed by atoms with van der Waals surface area (Å²) in [5.41, 5.74) is 0.317. The zero-order chi connectivity index (χ0) is 14.0. The third-order valence-electron chi connectivity index (χ3n) is 2.41. The molecule has 0 atom stereocenters. The molecule has 0 saturated heterocycles. The number of benzene rings is 1. The van der Waals surface area contributed by atoms with Crippen LogP contribution in [-0.4, -0.2) is 27.5 Å². The topological polar surface area (TPSA) is 64.4 Å². The van der Waals surface area contributed by atoms with E-state index in [0.29, 0.717) is 0 Å². The van der Waals surface area contributed by atoms with E-state index in [-0.39, 0.29) is 17.1 Å². The second-order valence-electron chi connectivity index (χ2n) is 3.80. The second-order valence-corrected chi connectivity index (χ2v) is 3.80. The molecule has 0 saturated carbocycles. The Balaban J connectivity index is 2.34. The van der Waals surface area contributed by atoms with Crippen LogP contribution in [0.25, 0.3) is 11.3 Å². The Kier molecular flexibility index (Phi) is 3.46. The first kappa shape index (κ1) is 13.0. The Hall–Kier alpha value is -2.44. The number of carbonyl (C=O) groups is 1. The molecular weight excluding hydrogens is 258 g/mol. The van der Waals surface area contributed by atoms with Crippen LogP contribution < -0.4 is 4.74 Å². The van der Waals surface area contributed by atoms with Crippen LogP contribution >= 0.6 is 0 Å². The lowest BCUT2D eigenvalue weighted by molar-refractivity contribution is -0.139. The first-order chi connectivity index (χ1) is 8.97. The van der Waals surface area contributed by atoms with E-state index in [1.807, 2.05) is 0 Å². The van der Waals surface area contributed by atoms with Gasteiger partial charge in [0.2, 0.25) is 5.88 Å². The van der Waals surface area contributed by atoms with Crippen molar-refractivity contribution in [3.05, 3.63) is 35.9 Å². The van der Waals surface area contributed by atoms with Crippen molar-refractivity contribution in [3.63, 3.8) is 0 Å². The van der Waals surface area contributed by atoms with Crippen molar-refractivity contribution in [2.45, 2.75) is 0 Å². The molecule has 1 heterocycles. The highest BCUT2D eigenvalue weighted by molar-refractivity contribution is 5.68. The SMILES string of the molecule is Cn1nc(OCC(=O)O)cc1-c1cc(F)ccc1F. The molecule has 2 aromatic rings. The molecule has 1 N–H and O–H groups in total. The molecule has 5 nitrogen and oxygen atoms in total. The fourth-order valence-electron chi connectivity index (χ4n) is 1.59. The normalized spacial score (nSPS) is 10.5. The number of hydrogen-bond donors (Lipinski definition) is 1. The van der Waals surface area contributed by atoms with Crippen LogP contribution in [0, 0.1) is 11.6 Å². The largest absolute Gasteiger partial charge is 0.479 e. The number of halogens is 2. The van der Waals surface area contributed by atoms with Gasteiger partial charge in [0.1, 0.15) is 11.6 Å². The smallest absolute Gasteiger partial charge is 0.341 e. The number of carboxylic acids is 1. The van der Waals surface area contributed by atoms with Crippen molar-refractivity contribution in [2.24, 2.45) is 7.05 Å². The summed E-state index contributed by atoms with van der Waals surface area (Å²) in [6.45, 7) is -0.553. The maximum absolute atomic E-state index is 13.6. The summed E-state index contributed by atoms with van der Waals surface area (Å²) in [6.07, 6.45) is 0. The summed E-state index contributed by atoms with van der Waals surface area (Å²) >= 11 is 0. The molecule has 7 heteroatoms. The van der Waals surface area contributed by atoms with Crippen molar-refractivity contribution in [2.75, 3.05) is 6.61 Å². The van der Waals surface area contributed by atoms with Crippen molar-refractivity contribution < 1.29 is 23.4 Å². The van der Waals surface area contributed by atoms with E-state index in [1.54, 1.807) is 0 Å². The molecular formula is C12H10F2N2O3. The zero-order valence-electron chi connectivity index (χ0n) is 9.93. The molecule has 1 aromatic heterocycles. The predicted octanol–water partition coefficient (Wildman–Crippen LogP) is 1.83. The molecule has 0 bridgehead atoms. The monoisotopic (exact) mass is 268 g/mol.